The monoisotopic (exact) mass is 441 g/mol. The van der Waals surface area contributed by atoms with Crippen molar-refractivity contribution < 1.29 is 13.2 Å². The molecule has 31 heavy (non-hydrogen) atoms. The molecule has 1 aliphatic heterocycles. The number of benzene rings is 1. The van der Waals surface area contributed by atoms with Crippen molar-refractivity contribution in [1.82, 2.24) is 4.98 Å². The van der Waals surface area contributed by atoms with E-state index in [1.54, 1.807) is 42.6 Å². The molecule has 1 aliphatic carbocycles. The molecule has 1 N–H and O–H groups in total. The fraction of sp³-hybridized carbons (Fsp3) is 0.500. The first-order chi connectivity index (χ1) is 15.0. The summed E-state index contributed by atoms with van der Waals surface area (Å²) in [5.41, 5.74) is 1.00. The number of hydrogen-bond donors (Lipinski definition) is 1. The molecule has 1 saturated carbocycles. The van der Waals surface area contributed by atoms with Crippen LogP contribution in [0.25, 0.3) is 0 Å². The van der Waals surface area contributed by atoms with Gasteiger partial charge in [0.1, 0.15) is 5.82 Å². The van der Waals surface area contributed by atoms with E-state index in [0.717, 1.165) is 44.7 Å². The van der Waals surface area contributed by atoms with Gasteiger partial charge < -0.3 is 10.2 Å². The van der Waals surface area contributed by atoms with Gasteiger partial charge in [-0.3, -0.25) is 4.79 Å². The van der Waals surface area contributed by atoms with Gasteiger partial charge in [0, 0.05) is 25.0 Å². The van der Waals surface area contributed by atoms with E-state index in [1.807, 2.05) is 0 Å². The Balaban J connectivity index is 1.52. The molecule has 1 amide bonds. The number of nitrogens with zero attached hydrogens (tertiary/aromatic N) is 2. The van der Waals surface area contributed by atoms with Crippen LogP contribution >= 0.6 is 0 Å². The lowest BCUT2D eigenvalue weighted by molar-refractivity contribution is 0.102. The minimum Gasteiger partial charge on any atom is -0.356 e. The Morgan fingerprint density at radius 2 is 1.84 bits per heavy atom. The third-order valence-electron chi connectivity index (χ3n) is 6.68. The summed E-state index contributed by atoms with van der Waals surface area (Å²) in [6, 6.07) is 10.2. The molecule has 6 nitrogen and oxygen atoms in total. The molecular weight excluding hydrogens is 410 g/mol. The Hall–Kier alpha value is -2.41. The molecule has 7 heteroatoms. The summed E-state index contributed by atoms with van der Waals surface area (Å²) in [6.07, 6.45) is 8.46. The van der Waals surface area contributed by atoms with Crippen molar-refractivity contribution in [3.63, 3.8) is 0 Å². The number of carbonyl (C=O) groups excluding carboxylic acids is 1. The summed E-state index contributed by atoms with van der Waals surface area (Å²) in [7, 11) is -3.37. The number of rotatable bonds is 6. The van der Waals surface area contributed by atoms with Crippen LogP contribution in [-0.2, 0) is 9.84 Å². The quantitative estimate of drug-likeness (QED) is 0.704. The zero-order chi connectivity index (χ0) is 21.8. The van der Waals surface area contributed by atoms with Gasteiger partial charge in [0.05, 0.1) is 15.7 Å². The standard InChI is InChI=1S/C24H31N3O3S/c1-2-18-12-15-27(16-13-18)23-22(11-6-14-25-23)24(28)26-19-7-5-10-21(17-19)31(29,30)20-8-3-4-9-20/h5-7,10-11,14,17-18,20H,2-4,8-9,12-13,15-16H2,1H3,(H,26,28). The molecule has 1 saturated heterocycles. The van der Waals surface area contributed by atoms with Crippen molar-refractivity contribution in [2.45, 2.75) is 62.0 Å². The van der Waals surface area contributed by atoms with Gasteiger partial charge in [-0.25, -0.2) is 13.4 Å². The van der Waals surface area contributed by atoms with E-state index in [-0.39, 0.29) is 16.1 Å². The predicted molar refractivity (Wildman–Crippen MR) is 123 cm³/mol. The summed E-state index contributed by atoms with van der Waals surface area (Å²) in [5.74, 6) is 1.17. The van der Waals surface area contributed by atoms with Gasteiger partial charge in [0.25, 0.3) is 5.91 Å². The number of pyridine rings is 1. The van der Waals surface area contributed by atoms with E-state index in [1.165, 1.54) is 6.42 Å². The van der Waals surface area contributed by atoms with Crippen molar-refractivity contribution in [2.75, 3.05) is 23.3 Å². The summed E-state index contributed by atoms with van der Waals surface area (Å²) < 4.78 is 25.8. The molecule has 0 unspecified atom stereocenters. The molecular formula is C24H31N3O3S. The molecule has 166 valence electrons. The molecule has 0 radical (unpaired) electrons. The Bertz CT molecular complexity index is 1020. The molecule has 4 rings (SSSR count). The largest absolute Gasteiger partial charge is 0.356 e. The van der Waals surface area contributed by atoms with E-state index in [4.69, 9.17) is 0 Å². The maximum atomic E-state index is 13.1. The summed E-state index contributed by atoms with van der Waals surface area (Å²) >= 11 is 0. The summed E-state index contributed by atoms with van der Waals surface area (Å²) in [6.45, 7) is 4.01. The first-order valence-electron chi connectivity index (χ1n) is 11.3. The zero-order valence-corrected chi connectivity index (χ0v) is 18.9. The average molecular weight is 442 g/mol. The van der Waals surface area contributed by atoms with Crippen LogP contribution in [0.3, 0.4) is 0 Å². The smallest absolute Gasteiger partial charge is 0.259 e. The van der Waals surface area contributed by atoms with Crippen LogP contribution in [0.5, 0.6) is 0 Å². The van der Waals surface area contributed by atoms with Gasteiger partial charge in [-0.2, -0.15) is 0 Å². The van der Waals surface area contributed by atoms with Gasteiger partial charge in [-0.05, 0) is 61.9 Å². The molecule has 1 aromatic heterocycles. The Morgan fingerprint density at radius 1 is 1.10 bits per heavy atom. The lowest BCUT2D eigenvalue weighted by Gasteiger charge is -2.33. The summed E-state index contributed by atoms with van der Waals surface area (Å²) in [4.78, 5) is 20.0. The van der Waals surface area contributed by atoms with Crippen LogP contribution in [0, 0.1) is 5.92 Å². The Morgan fingerprint density at radius 3 is 2.55 bits per heavy atom. The van der Waals surface area contributed by atoms with Crippen LogP contribution in [0.15, 0.2) is 47.5 Å². The maximum absolute atomic E-state index is 13.1. The van der Waals surface area contributed by atoms with Gasteiger partial charge in [0.2, 0.25) is 0 Å². The van der Waals surface area contributed by atoms with Crippen molar-refractivity contribution in [3.05, 3.63) is 48.2 Å². The average Bonchev–Trinajstić information content (AvgIpc) is 3.35. The minimum atomic E-state index is -3.37. The van der Waals surface area contributed by atoms with Crippen LogP contribution in [-0.4, -0.2) is 37.6 Å². The van der Waals surface area contributed by atoms with Crippen LogP contribution in [0.4, 0.5) is 11.5 Å². The molecule has 1 aromatic carbocycles. The molecule has 2 heterocycles. The second-order valence-corrected chi connectivity index (χ2v) is 10.9. The molecule has 0 bridgehead atoms. The highest BCUT2D eigenvalue weighted by atomic mass is 32.2. The maximum Gasteiger partial charge on any atom is 0.259 e. The second kappa shape index (κ2) is 9.39. The van der Waals surface area contributed by atoms with E-state index in [0.29, 0.717) is 29.9 Å². The van der Waals surface area contributed by atoms with Gasteiger partial charge >= 0.3 is 0 Å². The number of aromatic nitrogens is 1. The fourth-order valence-electron chi connectivity index (χ4n) is 4.72. The van der Waals surface area contributed by atoms with Crippen molar-refractivity contribution in [1.29, 1.82) is 0 Å². The van der Waals surface area contributed by atoms with Crippen LogP contribution in [0.1, 0.15) is 62.2 Å². The zero-order valence-electron chi connectivity index (χ0n) is 18.1. The first kappa shape index (κ1) is 21.8. The topological polar surface area (TPSA) is 79.4 Å². The van der Waals surface area contributed by atoms with Crippen molar-refractivity contribution in [3.8, 4) is 0 Å². The molecule has 2 aliphatic rings. The lowest BCUT2D eigenvalue weighted by atomic mass is 9.94. The van der Waals surface area contributed by atoms with E-state index < -0.39 is 9.84 Å². The molecule has 0 atom stereocenters. The highest BCUT2D eigenvalue weighted by Gasteiger charge is 2.30. The highest BCUT2D eigenvalue weighted by molar-refractivity contribution is 7.92. The van der Waals surface area contributed by atoms with Crippen LogP contribution in [0.2, 0.25) is 0 Å². The van der Waals surface area contributed by atoms with Gasteiger partial charge in [-0.1, -0.05) is 32.3 Å². The fourth-order valence-corrected chi connectivity index (χ4v) is 6.62. The number of hydrogen-bond acceptors (Lipinski definition) is 5. The number of carbonyl (C=O) groups is 1. The van der Waals surface area contributed by atoms with E-state index in [2.05, 4.69) is 22.1 Å². The number of amides is 1. The number of sulfone groups is 1. The van der Waals surface area contributed by atoms with Crippen molar-refractivity contribution in [2.24, 2.45) is 5.92 Å². The highest BCUT2D eigenvalue weighted by Crippen LogP contribution is 2.31. The van der Waals surface area contributed by atoms with Crippen molar-refractivity contribution >= 4 is 27.2 Å². The number of anilines is 2. The summed E-state index contributed by atoms with van der Waals surface area (Å²) in [5, 5.41) is 2.58. The number of nitrogens with one attached hydrogen (secondary N) is 1. The molecule has 2 fully saturated rings. The third-order valence-corrected chi connectivity index (χ3v) is 8.94. The van der Waals surface area contributed by atoms with Gasteiger partial charge in [-0.15, -0.1) is 0 Å². The SMILES string of the molecule is CCC1CCN(c2ncccc2C(=O)Nc2cccc(S(=O)(=O)C3CCCC3)c2)CC1. The lowest BCUT2D eigenvalue weighted by Crippen LogP contribution is -2.35. The Labute approximate surface area is 185 Å². The van der Waals surface area contributed by atoms with Gasteiger partial charge in [0.15, 0.2) is 9.84 Å². The predicted octanol–water partition coefficient (Wildman–Crippen LogP) is 4.68. The normalized spacial score (nSPS) is 18.3. The minimum absolute atomic E-state index is 0.267. The molecule has 2 aromatic rings. The number of piperidine rings is 1. The Kier molecular flexibility index (Phi) is 6.60. The molecule has 0 spiro atoms. The van der Waals surface area contributed by atoms with E-state index in [9.17, 15) is 13.2 Å². The second-order valence-electron chi connectivity index (χ2n) is 8.65. The van der Waals surface area contributed by atoms with E-state index >= 15 is 0 Å². The van der Waals surface area contributed by atoms with Crippen LogP contribution < -0.4 is 10.2 Å². The third kappa shape index (κ3) is 4.76. The first-order valence-corrected chi connectivity index (χ1v) is 12.9.